The summed E-state index contributed by atoms with van der Waals surface area (Å²) in [6, 6.07) is 18.5. The van der Waals surface area contributed by atoms with Crippen molar-refractivity contribution in [2.24, 2.45) is 0 Å². The first-order valence-corrected chi connectivity index (χ1v) is 10.1. The van der Waals surface area contributed by atoms with Gasteiger partial charge in [-0.25, -0.2) is 8.78 Å². The van der Waals surface area contributed by atoms with Gasteiger partial charge in [0.1, 0.15) is 17.4 Å². The number of hydrogen-bond donors (Lipinski definition) is 2. The van der Waals surface area contributed by atoms with E-state index in [1.807, 2.05) is 12.1 Å². The zero-order valence-electron chi connectivity index (χ0n) is 16.5. The summed E-state index contributed by atoms with van der Waals surface area (Å²) in [4.78, 5) is 0. The topological polar surface area (TPSA) is 32.3 Å². The fourth-order valence-corrected chi connectivity index (χ4v) is 4.58. The minimum Gasteiger partial charge on any atom is -0.508 e. The highest BCUT2D eigenvalue weighted by Crippen LogP contribution is 2.49. The second-order valence-corrected chi connectivity index (χ2v) is 7.74. The van der Waals surface area contributed by atoms with Gasteiger partial charge in [0.2, 0.25) is 0 Å². The highest BCUT2D eigenvalue weighted by atomic mass is 19.1. The van der Waals surface area contributed by atoms with E-state index in [1.165, 1.54) is 24.3 Å². The zero-order chi connectivity index (χ0) is 20.4. The molecule has 0 aromatic heterocycles. The van der Waals surface area contributed by atoms with Crippen molar-refractivity contribution in [1.29, 1.82) is 0 Å². The maximum absolute atomic E-state index is 13.7. The standard InChI is InChI=1S/C25H25F2NO/c1-2-3-6-22-21-5-4-7-23(29)24(21)25(16-28-22,17-8-12-19(26)13-9-17)18-10-14-20(27)15-11-18/h4-5,7-15,22,28-29H,2-3,6,16H2,1H3. The maximum atomic E-state index is 13.7. The number of benzene rings is 3. The van der Waals surface area contributed by atoms with Crippen molar-refractivity contribution >= 4 is 0 Å². The molecule has 4 heteroatoms. The molecule has 2 N–H and O–H groups in total. The molecule has 150 valence electrons. The quantitative estimate of drug-likeness (QED) is 0.571. The molecule has 0 fully saturated rings. The van der Waals surface area contributed by atoms with E-state index in [4.69, 9.17) is 0 Å². The van der Waals surface area contributed by atoms with Crippen LogP contribution in [0.3, 0.4) is 0 Å². The number of rotatable bonds is 5. The minimum atomic E-state index is -0.745. The number of hydrogen-bond acceptors (Lipinski definition) is 2. The Labute approximate surface area is 170 Å². The van der Waals surface area contributed by atoms with Crippen molar-refractivity contribution in [3.63, 3.8) is 0 Å². The van der Waals surface area contributed by atoms with Gasteiger partial charge in [-0.2, -0.15) is 0 Å². The molecule has 1 aliphatic heterocycles. The average Bonchev–Trinajstić information content (AvgIpc) is 2.73. The highest BCUT2D eigenvalue weighted by molar-refractivity contribution is 5.60. The second kappa shape index (κ2) is 7.96. The smallest absolute Gasteiger partial charge is 0.123 e. The first-order valence-electron chi connectivity index (χ1n) is 10.1. The molecule has 1 unspecified atom stereocenters. The molecule has 0 radical (unpaired) electrons. The summed E-state index contributed by atoms with van der Waals surface area (Å²) in [7, 11) is 0. The number of fused-ring (bicyclic) bond motifs is 1. The van der Waals surface area contributed by atoms with E-state index in [2.05, 4.69) is 12.2 Å². The molecule has 0 bridgehead atoms. The molecule has 0 aliphatic carbocycles. The Kier molecular flexibility index (Phi) is 5.37. The molecule has 1 aliphatic rings. The largest absolute Gasteiger partial charge is 0.508 e. The summed E-state index contributed by atoms with van der Waals surface area (Å²) >= 11 is 0. The molecule has 0 amide bonds. The van der Waals surface area contributed by atoms with Crippen LogP contribution in [0.25, 0.3) is 0 Å². The number of phenols is 1. The van der Waals surface area contributed by atoms with Gasteiger partial charge in [0.15, 0.2) is 0 Å². The summed E-state index contributed by atoms with van der Waals surface area (Å²) in [5.74, 6) is -0.422. The van der Waals surface area contributed by atoms with Gasteiger partial charge in [0.05, 0.1) is 5.41 Å². The fourth-order valence-electron chi connectivity index (χ4n) is 4.58. The van der Waals surface area contributed by atoms with E-state index in [0.717, 1.165) is 41.5 Å². The first kappa shape index (κ1) is 19.6. The van der Waals surface area contributed by atoms with E-state index in [-0.39, 0.29) is 23.4 Å². The van der Waals surface area contributed by atoms with Crippen LogP contribution in [0.4, 0.5) is 8.78 Å². The van der Waals surface area contributed by atoms with E-state index in [1.54, 1.807) is 30.3 Å². The fraction of sp³-hybridized carbons (Fsp3) is 0.280. The normalized spacial score (nSPS) is 17.7. The Bertz CT molecular complexity index is 937. The maximum Gasteiger partial charge on any atom is 0.123 e. The molecular weight excluding hydrogens is 368 g/mol. The molecule has 0 saturated carbocycles. The molecule has 2 nitrogen and oxygen atoms in total. The van der Waals surface area contributed by atoms with Crippen LogP contribution in [0.1, 0.15) is 54.5 Å². The summed E-state index contributed by atoms with van der Waals surface area (Å²) in [6.07, 6.45) is 3.14. The Balaban J connectivity index is 1.98. The molecule has 0 spiro atoms. The molecule has 1 heterocycles. The average molecular weight is 393 g/mol. The Hall–Kier alpha value is -2.72. The minimum absolute atomic E-state index is 0.131. The first-order chi connectivity index (χ1) is 14.1. The predicted octanol–water partition coefficient (Wildman–Crippen LogP) is 5.84. The Morgan fingerprint density at radius 1 is 0.931 bits per heavy atom. The third-order valence-electron chi connectivity index (χ3n) is 6.01. The summed E-state index contributed by atoms with van der Waals surface area (Å²) in [6.45, 7) is 2.69. The highest BCUT2D eigenvalue weighted by Gasteiger charge is 2.44. The van der Waals surface area contributed by atoms with Crippen LogP contribution in [-0.4, -0.2) is 11.7 Å². The van der Waals surface area contributed by atoms with E-state index < -0.39 is 5.41 Å². The lowest BCUT2D eigenvalue weighted by molar-refractivity contribution is 0.375. The lowest BCUT2D eigenvalue weighted by Crippen LogP contribution is -2.47. The van der Waals surface area contributed by atoms with E-state index >= 15 is 0 Å². The van der Waals surface area contributed by atoms with E-state index in [0.29, 0.717) is 6.54 Å². The SMILES string of the molecule is CCCCC1NCC(c2ccc(F)cc2)(c2ccc(F)cc2)c2c(O)cccc21. The number of aromatic hydroxyl groups is 1. The van der Waals surface area contributed by atoms with Crippen LogP contribution in [0.5, 0.6) is 5.75 Å². The van der Waals surface area contributed by atoms with Crippen LogP contribution >= 0.6 is 0 Å². The number of halogens is 2. The Morgan fingerprint density at radius 3 is 2.07 bits per heavy atom. The predicted molar refractivity (Wildman–Crippen MR) is 111 cm³/mol. The number of nitrogens with one attached hydrogen (secondary N) is 1. The van der Waals surface area contributed by atoms with Crippen molar-refractivity contribution in [3.05, 3.63) is 101 Å². The zero-order valence-corrected chi connectivity index (χ0v) is 16.5. The Morgan fingerprint density at radius 2 is 1.52 bits per heavy atom. The molecular formula is C25H25F2NO. The van der Waals surface area contributed by atoms with Gasteiger partial charge < -0.3 is 10.4 Å². The van der Waals surface area contributed by atoms with Crippen molar-refractivity contribution in [1.82, 2.24) is 5.32 Å². The van der Waals surface area contributed by atoms with Crippen molar-refractivity contribution in [3.8, 4) is 5.75 Å². The van der Waals surface area contributed by atoms with Crippen LogP contribution < -0.4 is 5.32 Å². The van der Waals surface area contributed by atoms with Crippen LogP contribution in [-0.2, 0) is 5.41 Å². The van der Waals surface area contributed by atoms with Gasteiger partial charge in [0.25, 0.3) is 0 Å². The van der Waals surface area contributed by atoms with Gasteiger partial charge in [-0.1, -0.05) is 56.2 Å². The van der Waals surface area contributed by atoms with Crippen molar-refractivity contribution < 1.29 is 13.9 Å². The van der Waals surface area contributed by atoms with Crippen molar-refractivity contribution in [2.45, 2.75) is 37.6 Å². The van der Waals surface area contributed by atoms with Gasteiger partial charge in [-0.3, -0.25) is 0 Å². The van der Waals surface area contributed by atoms with Gasteiger partial charge >= 0.3 is 0 Å². The van der Waals surface area contributed by atoms with E-state index in [9.17, 15) is 13.9 Å². The molecule has 1 atom stereocenters. The van der Waals surface area contributed by atoms with Crippen LogP contribution in [0.2, 0.25) is 0 Å². The third-order valence-corrected chi connectivity index (χ3v) is 6.01. The third kappa shape index (κ3) is 3.42. The summed E-state index contributed by atoms with van der Waals surface area (Å²) in [5, 5.41) is 14.6. The second-order valence-electron chi connectivity index (χ2n) is 7.74. The number of unbranched alkanes of at least 4 members (excludes halogenated alkanes) is 1. The molecule has 3 aromatic carbocycles. The molecule has 0 saturated heterocycles. The van der Waals surface area contributed by atoms with Crippen LogP contribution in [0, 0.1) is 11.6 Å². The van der Waals surface area contributed by atoms with Crippen molar-refractivity contribution in [2.75, 3.05) is 6.54 Å². The molecule has 3 aromatic rings. The lowest BCUT2D eigenvalue weighted by Gasteiger charge is -2.44. The number of phenolic OH excluding ortho intramolecular Hbond substituents is 1. The molecule has 4 rings (SSSR count). The monoisotopic (exact) mass is 393 g/mol. The summed E-state index contributed by atoms with van der Waals surface area (Å²) in [5.41, 5.74) is 2.82. The van der Waals surface area contributed by atoms with Crippen LogP contribution in [0.15, 0.2) is 66.7 Å². The van der Waals surface area contributed by atoms with Gasteiger partial charge in [-0.15, -0.1) is 0 Å². The summed E-state index contributed by atoms with van der Waals surface area (Å²) < 4.78 is 27.4. The van der Waals surface area contributed by atoms with Gasteiger partial charge in [0, 0.05) is 18.2 Å². The molecule has 29 heavy (non-hydrogen) atoms. The van der Waals surface area contributed by atoms with Gasteiger partial charge in [-0.05, 0) is 53.4 Å². The lowest BCUT2D eigenvalue weighted by atomic mass is 9.64.